The fourth-order valence-electron chi connectivity index (χ4n) is 3.78. The van der Waals surface area contributed by atoms with Crippen LogP contribution >= 0.6 is 0 Å². The van der Waals surface area contributed by atoms with Crippen molar-refractivity contribution in [1.29, 1.82) is 0 Å². The second-order valence-electron chi connectivity index (χ2n) is 7.05. The molecule has 6 heteroatoms. The molecule has 4 rings (SSSR count). The largest absolute Gasteiger partial charge is 0.360 e. The molecule has 0 radical (unpaired) electrons. The fourth-order valence-corrected chi connectivity index (χ4v) is 3.78. The summed E-state index contributed by atoms with van der Waals surface area (Å²) in [6, 6.07) is 2.36. The highest BCUT2D eigenvalue weighted by Crippen LogP contribution is 2.40. The van der Waals surface area contributed by atoms with E-state index in [4.69, 9.17) is 4.52 Å². The highest BCUT2D eigenvalue weighted by Gasteiger charge is 2.34. The third kappa shape index (κ3) is 3.15. The summed E-state index contributed by atoms with van der Waals surface area (Å²) < 4.78 is 5.32. The minimum Gasteiger partial charge on any atom is -0.360 e. The Hall–Kier alpha value is -1.40. The lowest BCUT2D eigenvalue weighted by Gasteiger charge is -2.37. The molecular formula is C17H26N4O2. The number of hydrogen-bond acceptors (Lipinski definition) is 5. The van der Waals surface area contributed by atoms with Gasteiger partial charge in [-0.3, -0.25) is 9.69 Å². The smallest absolute Gasteiger partial charge is 0.276 e. The normalized spacial score (nSPS) is 26.8. The number of likely N-dealkylation sites (N-methyl/N-ethyl adjacent to an activating group) is 1. The molecule has 1 aromatic rings. The summed E-state index contributed by atoms with van der Waals surface area (Å²) in [6.45, 7) is 9.56. The van der Waals surface area contributed by atoms with Gasteiger partial charge in [0, 0.05) is 57.3 Å². The third-order valence-electron chi connectivity index (χ3n) is 5.55. The van der Waals surface area contributed by atoms with Crippen molar-refractivity contribution in [2.24, 2.45) is 0 Å². The number of carbonyl (C=O) groups excluding carboxylic acids is 1. The van der Waals surface area contributed by atoms with Crippen LogP contribution in [0.1, 0.15) is 48.4 Å². The van der Waals surface area contributed by atoms with Crippen LogP contribution in [-0.4, -0.2) is 77.6 Å². The van der Waals surface area contributed by atoms with E-state index < -0.39 is 0 Å². The SMILES string of the molecule is CCN1CCN([C@H]2CCN(C(=O)c3cc(C4CC4)on3)C2)CC1. The molecule has 0 unspecified atom stereocenters. The maximum Gasteiger partial charge on any atom is 0.276 e. The molecule has 3 aliphatic rings. The van der Waals surface area contributed by atoms with Gasteiger partial charge in [-0.15, -0.1) is 0 Å². The molecule has 0 bridgehead atoms. The van der Waals surface area contributed by atoms with E-state index in [0.29, 0.717) is 17.7 Å². The molecule has 126 valence electrons. The van der Waals surface area contributed by atoms with Crippen molar-refractivity contribution in [1.82, 2.24) is 19.9 Å². The van der Waals surface area contributed by atoms with Gasteiger partial charge in [0.2, 0.25) is 0 Å². The number of rotatable bonds is 4. The van der Waals surface area contributed by atoms with Crippen molar-refractivity contribution in [3.63, 3.8) is 0 Å². The number of likely N-dealkylation sites (tertiary alicyclic amines) is 1. The van der Waals surface area contributed by atoms with E-state index in [0.717, 1.165) is 58.0 Å². The van der Waals surface area contributed by atoms with Crippen LogP contribution in [0.4, 0.5) is 0 Å². The molecule has 1 aromatic heterocycles. The van der Waals surface area contributed by atoms with Crippen molar-refractivity contribution >= 4 is 5.91 Å². The summed E-state index contributed by atoms with van der Waals surface area (Å²) in [5.74, 6) is 1.43. The van der Waals surface area contributed by atoms with Crippen molar-refractivity contribution in [2.45, 2.75) is 38.1 Å². The number of amides is 1. The zero-order chi connectivity index (χ0) is 15.8. The maximum absolute atomic E-state index is 12.6. The summed E-state index contributed by atoms with van der Waals surface area (Å²) >= 11 is 0. The van der Waals surface area contributed by atoms with Crippen molar-refractivity contribution in [2.75, 3.05) is 45.8 Å². The Balaban J connectivity index is 1.33. The molecule has 3 fully saturated rings. The van der Waals surface area contributed by atoms with Gasteiger partial charge in [-0.05, 0) is 25.8 Å². The van der Waals surface area contributed by atoms with E-state index in [9.17, 15) is 4.79 Å². The lowest BCUT2D eigenvalue weighted by Crippen LogP contribution is -2.51. The van der Waals surface area contributed by atoms with Gasteiger partial charge < -0.3 is 14.3 Å². The molecule has 23 heavy (non-hydrogen) atoms. The van der Waals surface area contributed by atoms with Gasteiger partial charge in [0.1, 0.15) is 5.76 Å². The predicted octanol–water partition coefficient (Wildman–Crippen LogP) is 1.40. The van der Waals surface area contributed by atoms with E-state index in [1.165, 1.54) is 12.8 Å². The topological polar surface area (TPSA) is 52.8 Å². The maximum atomic E-state index is 12.6. The number of nitrogens with zero attached hydrogens (tertiary/aromatic N) is 4. The molecule has 0 aromatic carbocycles. The van der Waals surface area contributed by atoms with Crippen LogP contribution in [-0.2, 0) is 0 Å². The lowest BCUT2D eigenvalue weighted by atomic mass is 10.2. The molecule has 1 saturated carbocycles. The van der Waals surface area contributed by atoms with Crippen LogP contribution in [0.3, 0.4) is 0 Å². The Bertz CT molecular complexity index is 561. The Kier molecular flexibility index (Phi) is 4.11. The second-order valence-corrected chi connectivity index (χ2v) is 7.05. The van der Waals surface area contributed by atoms with Gasteiger partial charge in [0.15, 0.2) is 5.69 Å². The standard InChI is InChI=1S/C17H26N4O2/c1-2-19-7-9-20(10-8-19)14-5-6-21(12-14)17(22)15-11-16(23-18-15)13-3-4-13/h11,13-14H,2-10,12H2,1H3/t14-/m0/s1. The van der Waals surface area contributed by atoms with E-state index in [-0.39, 0.29) is 5.91 Å². The van der Waals surface area contributed by atoms with Crippen molar-refractivity contribution < 1.29 is 9.32 Å². The van der Waals surface area contributed by atoms with E-state index >= 15 is 0 Å². The summed E-state index contributed by atoms with van der Waals surface area (Å²) in [5.41, 5.74) is 0.489. The van der Waals surface area contributed by atoms with E-state index in [1.54, 1.807) is 0 Å². The third-order valence-corrected chi connectivity index (χ3v) is 5.55. The molecule has 3 heterocycles. The van der Waals surface area contributed by atoms with Crippen molar-refractivity contribution in [3.05, 3.63) is 17.5 Å². The van der Waals surface area contributed by atoms with Gasteiger partial charge in [-0.25, -0.2) is 0 Å². The average Bonchev–Trinajstić information content (AvgIpc) is 3.14. The predicted molar refractivity (Wildman–Crippen MR) is 86.5 cm³/mol. The minimum atomic E-state index is 0.0374. The Labute approximate surface area is 137 Å². The minimum absolute atomic E-state index is 0.0374. The van der Waals surface area contributed by atoms with E-state index in [2.05, 4.69) is 21.9 Å². The monoisotopic (exact) mass is 318 g/mol. The molecule has 0 N–H and O–H groups in total. The van der Waals surface area contributed by atoms with Gasteiger partial charge in [-0.1, -0.05) is 12.1 Å². The Morgan fingerprint density at radius 1 is 1.22 bits per heavy atom. The Morgan fingerprint density at radius 3 is 2.70 bits per heavy atom. The molecule has 1 aliphatic carbocycles. The zero-order valence-corrected chi connectivity index (χ0v) is 13.9. The quantitative estimate of drug-likeness (QED) is 0.840. The van der Waals surface area contributed by atoms with Gasteiger partial charge >= 0.3 is 0 Å². The van der Waals surface area contributed by atoms with Crippen LogP contribution in [0.2, 0.25) is 0 Å². The summed E-state index contributed by atoms with van der Waals surface area (Å²) in [5, 5.41) is 3.99. The first-order chi connectivity index (χ1) is 11.2. The molecule has 0 spiro atoms. The summed E-state index contributed by atoms with van der Waals surface area (Å²) in [4.78, 5) is 19.6. The highest BCUT2D eigenvalue weighted by molar-refractivity contribution is 5.92. The Morgan fingerprint density at radius 2 is 2.00 bits per heavy atom. The molecule has 1 amide bonds. The molecular weight excluding hydrogens is 292 g/mol. The van der Waals surface area contributed by atoms with Gasteiger partial charge in [0.25, 0.3) is 5.91 Å². The molecule has 2 aliphatic heterocycles. The summed E-state index contributed by atoms with van der Waals surface area (Å²) in [6.07, 6.45) is 3.40. The highest BCUT2D eigenvalue weighted by atomic mass is 16.5. The first-order valence-corrected chi connectivity index (χ1v) is 8.97. The molecule has 2 saturated heterocycles. The molecule has 1 atom stereocenters. The van der Waals surface area contributed by atoms with Gasteiger partial charge in [-0.2, -0.15) is 0 Å². The van der Waals surface area contributed by atoms with Crippen LogP contribution in [0.5, 0.6) is 0 Å². The summed E-state index contributed by atoms with van der Waals surface area (Å²) in [7, 11) is 0. The molecule has 6 nitrogen and oxygen atoms in total. The fraction of sp³-hybridized carbons (Fsp3) is 0.765. The first kappa shape index (κ1) is 15.1. The number of hydrogen-bond donors (Lipinski definition) is 0. The van der Waals surface area contributed by atoms with Crippen LogP contribution in [0.25, 0.3) is 0 Å². The van der Waals surface area contributed by atoms with E-state index in [1.807, 2.05) is 11.0 Å². The van der Waals surface area contributed by atoms with Crippen LogP contribution in [0.15, 0.2) is 10.6 Å². The number of piperazine rings is 1. The average molecular weight is 318 g/mol. The number of carbonyl (C=O) groups is 1. The van der Waals surface area contributed by atoms with Crippen LogP contribution < -0.4 is 0 Å². The van der Waals surface area contributed by atoms with Crippen molar-refractivity contribution in [3.8, 4) is 0 Å². The van der Waals surface area contributed by atoms with Crippen LogP contribution in [0, 0.1) is 0 Å². The number of aromatic nitrogens is 1. The lowest BCUT2D eigenvalue weighted by molar-refractivity contribution is 0.0736. The first-order valence-electron chi connectivity index (χ1n) is 8.97. The second kappa shape index (κ2) is 6.24. The zero-order valence-electron chi connectivity index (χ0n) is 13.9. The van der Waals surface area contributed by atoms with Gasteiger partial charge in [0.05, 0.1) is 0 Å².